The molecule has 0 aromatic carbocycles. The summed E-state index contributed by atoms with van der Waals surface area (Å²) in [4.78, 5) is 13.2. The van der Waals surface area contributed by atoms with Gasteiger partial charge in [-0.2, -0.15) is 5.10 Å². The van der Waals surface area contributed by atoms with Crippen molar-refractivity contribution in [2.75, 3.05) is 13.1 Å². The summed E-state index contributed by atoms with van der Waals surface area (Å²) in [6.07, 6.45) is 6.21. The Bertz CT molecular complexity index is 383. The molecular weight excluding hydrogens is 190 g/mol. The van der Waals surface area contributed by atoms with Crippen LogP contribution in [0.15, 0.2) is 25.0 Å². The molecule has 0 bridgehead atoms. The van der Waals surface area contributed by atoms with Crippen LogP contribution in [0.25, 0.3) is 0 Å². The number of rotatable bonds is 2. The van der Waals surface area contributed by atoms with Gasteiger partial charge >= 0.3 is 0 Å². The number of amides is 1. The monoisotopic (exact) mass is 205 g/mol. The van der Waals surface area contributed by atoms with E-state index in [0.717, 1.165) is 25.1 Å². The third kappa shape index (κ3) is 1.93. The van der Waals surface area contributed by atoms with Crippen LogP contribution in [0.5, 0.6) is 0 Å². The second kappa shape index (κ2) is 3.88. The predicted molar refractivity (Wildman–Crippen MR) is 57.4 cm³/mol. The zero-order chi connectivity index (χ0) is 10.8. The maximum Gasteiger partial charge on any atom is 0.246 e. The quantitative estimate of drug-likeness (QED) is 0.679. The molecule has 1 aliphatic heterocycles. The van der Waals surface area contributed by atoms with Crippen molar-refractivity contribution >= 4 is 5.91 Å². The molecule has 1 aliphatic rings. The second-order valence-corrected chi connectivity index (χ2v) is 3.93. The standard InChI is InChI=1S/C11H15N3O/c1-3-11(15)13-5-4-10(8-13)14-7-9(2)6-12-14/h3,6-7,10H,1,4-5,8H2,2H3. The zero-order valence-electron chi connectivity index (χ0n) is 8.89. The number of carbonyl (C=O) groups is 1. The smallest absolute Gasteiger partial charge is 0.246 e. The number of nitrogens with zero attached hydrogens (tertiary/aromatic N) is 3. The van der Waals surface area contributed by atoms with E-state index in [1.165, 1.54) is 6.08 Å². The molecule has 0 aliphatic carbocycles. The summed E-state index contributed by atoms with van der Waals surface area (Å²) in [6, 6.07) is 0.322. The van der Waals surface area contributed by atoms with Gasteiger partial charge in [-0.05, 0) is 25.0 Å². The van der Waals surface area contributed by atoms with E-state index in [1.807, 2.05) is 28.9 Å². The molecule has 1 saturated heterocycles. The van der Waals surface area contributed by atoms with Gasteiger partial charge in [0, 0.05) is 19.3 Å². The highest BCUT2D eigenvalue weighted by atomic mass is 16.2. The highest BCUT2D eigenvalue weighted by Crippen LogP contribution is 2.21. The van der Waals surface area contributed by atoms with Crippen molar-refractivity contribution in [1.82, 2.24) is 14.7 Å². The Balaban J connectivity index is 2.04. The highest BCUT2D eigenvalue weighted by molar-refractivity contribution is 5.87. The van der Waals surface area contributed by atoms with E-state index < -0.39 is 0 Å². The Kier molecular flexibility index (Phi) is 2.58. The number of carbonyl (C=O) groups excluding carboxylic acids is 1. The molecular formula is C11H15N3O. The molecule has 0 radical (unpaired) electrons. The minimum atomic E-state index is 0.0152. The number of hydrogen-bond donors (Lipinski definition) is 0. The van der Waals surface area contributed by atoms with Crippen LogP contribution in [0.2, 0.25) is 0 Å². The fourth-order valence-electron chi connectivity index (χ4n) is 1.92. The summed E-state index contributed by atoms with van der Waals surface area (Å²) in [5.41, 5.74) is 1.16. The summed E-state index contributed by atoms with van der Waals surface area (Å²) >= 11 is 0. The van der Waals surface area contributed by atoms with Gasteiger partial charge in [-0.25, -0.2) is 0 Å². The van der Waals surface area contributed by atoms with E-state index in [1.54, 1.807) is 0 Å². The van der Waals surface area contributed by atoms with E-state index in [0.29, 0.717) is 6.04 Å². The highest BCUT2D eigenvalue weighted by Gasteiger charge is 2.26. The van der Waals surface area contributed by atoms with Gasteiger partial charge in [0.05, 0.1) is 12.2 Å². The van der Waals surface area contributed by atoms with E-state index in [-0.39, 0.29) is 5.91 Å². The summed E-state index contributed by atoms with van der Waals surface area (Å²) < 4.78 is 1.95. The number of aromatic nitrogens is 2. The van der Waals surface area contributed by atoms with Gasteiger partial charge < -0.3 is 4.90 Å². The molecule has 0 saturated carbocycles. The molecule has 15 heavy (non-hydrogen) atoms. The number of hydrogen-bond acceptors (Lipinski definition) is 2. The van der Waals surface area contributed by atoms with Crippen molar-refractivity contribution in [3.05, 3.63) is 30.6 Å². The van der Waals surface area contributed by atoms with Crippen molar-refractivity contribution < 1.29 is 4.79 Å². The summed E-state index contributed by atoms with van der Waals surface area (Å²) in [5, 5.41) is 4.27. The SMILES string of the molecule is C=CC(=O)N1CCC(n2cc(C)cn2)C1. The van der Waals surface area contributed by atoms with Crippen LogP contribution in [0.3, 0.4) is 0 Å². The number of aryl methyl sites for hydroxylation is 1. The lowest BCUT2D eigenvalue weighted by atomic mass is 10.3. The van der Waals surface area contributed by atoms with Crippen LogP contribution >= 0.6 is 0 Å². The van der Waals surface area contributed by atoms with Crippen LogP contribution in [0.1, 0.15) is 18.0 Å². The number of likely N-dealkylation sites (tertiary alicyclic amines) is 1. The first-order valence-electron chi connectivity index (χ1n) is 5.13. The fraction of sp³-hybridized carbons (Fsp3) is 0.455. The molecule has 2 heterocycles. The first-order chi connectivity index (χ1) is 7.20. The van der Waals surface area contributed by atoms with Gasteiger partial charge in [-0.1, -0.05) is 6.58 Å². The summed E-state index contributed by atoms with van der Waals surface area (Å²) in [6.45, 7) is 7.05. The Labute approximate surface area is 89.2 Å². The Hall–Kier alpha value is -1.58. The molecule has 1 atom stereocenters. The van der Waals surface area contributed by atoms with Crippen molar-refractivity contribution in [1.29, 1.82) is 0 Å². The average molecular weight is 205 g/mol. The molecule has 4 heteroatoms. The van der Waals surface area contributed by atoms with Crippen molar-refractivity contribution in [3.63, 3.8) is 0 Å². The lowest BCUT2D eigenvalue weighted by Gasteiger charge is -2.14. The lowest BCUT2D eigenvalue weighted by molar-refractivity contribution is -0.125. The topological polar surface area (TPSA) is 38.1 Å². The first kappa shape index (κ1) is 9.96. The molecule has 1 aromatic rings. The predicted octanol–water partition coefficient (Wildman–Crippen LogP) is 1.15. The van der Waals surface area contributed by atoms with Crippen LogP contribution in [-0.2, 0) is 4.79 Å². The summed E-state index contributed by atoms with van der Waals surface area (Å²) in [5.74, 6) is 0.0152. The molecule has 1 amide bonds. The maximum absolute atomic E-state index is 11.4. The Morgan fingerprint density at radius 3 is 3.13 bits per heavy atom. The fourth-order valence-corrected chi connectivity index (χ4v) is 1.92. The van der Waals surface area contributed by atoms with Gasteiger partial charge in [0.2, 0.25) is 5.91 Å². The van der Waals surface area contributed by atoms with E-state index in [9.17, 15) is 4.79 Å². The van der Waals surface area contributed by atoms with Gasteiger partial charge in [-0.15, -0.1) is 0 Å². The Morgan fingerprint density at radius 1 is 1.73 bits per heavy atom. The van der Waals surface area contributed by atoms with E-state index >= 15 is 0 Å². The van der Waals surface area contributed by atoms with Crippen molar-refractivity contribution in [2.45, 2.75) is 19.4 Å². The van der Waals surface area contributed by atoms with Crippen molar-refractivity contribution in [3.8, 4) is 0 Å². The van der Waals surface area contributed by atoms with Gasteiger partial charge in [0.1, 0.15) is 0 Å². The van der Waals surface area contributed by atoms with E-state index in [2.05, 4.69) is 11.7 Å². The Morgan fingerprint density at radius 2 is 2.53 bits per heavy atom. The zero-order valence-corrected chi connectivity index (χ0v) is 8.89. The molecule has 2 rings (SSSR count). The minimum Gasteiger partial charge on any atom is -0.337 e. The summed E-state index contributed by atoms with van der Waals surface area (Å²) in [7, 11) is 0. The van der Waals surface area contributed by atoms with E-state index in [4.69, 9.17) is 0 Å². The van der Waals surface area contributed by atoms with Crippen LogP contribution in [0.4, 0.5) is 0 Å². The molecule has 80 valence electrons. The van der Waals surface area contributed by atoms with Crippen LogP contribution in [-0.4, -0.2) is 33.7 Å². The minimum absolute atomic E-state index is 0.0152. The van der Waals surface area contributed by atoms with Crippen molar-refractivity contribution in [2.24, 2.45) is 0 Å². The van der Waals surface area contributed by atoms with Crippen LogP contribution < -0.4 is 0 Å². The first-order valence-corrected chi connectivity index (χ1v) is 5.13. The molecule has 1 aromatic heterocycles. The second-order valence-electron chi connectivity index (χ2n) is 3.93. The molecule has 0 spiro atoms. The maximum atomic E-state index is 11.4. The third-order valence-electron chi connectivity index (χ3n) is 2.75. The molecule has 1 unspecified atom stereocenters. The molecule has 4 nitrogen and oxygen atoms in total. The molecule has 1 fully saturated rings. The third-order valence-corrected chi connectivity index (χ3v) is 2.75. The normalized spacial score (nSPS) is 20.6. The van der Waals surface area contributed by atoms with Gasteiger partial charge in [-0.3, -0.25) is 9.48 Å². The van der Waals surface area contributed by atoms with Gasteiger partial charge in [0.15, 0.2) is 0 Å². The average Bonchev–Trinajstić information content (AvgIpc) is 2.84. The lowest BCUT2D eigenvalue weighted by Crippen LogP contribution is -2.27. The largest absolute Gasteiger partial charge is 0.337 e. The van der Waals surface area contributed by atoms with Crippen LogP contribution in [0, 0.1) is 6.92 Å². The van der Waals surface area contributed by atoms with Gasteiger partial charge in [0.25, 0.3) is 0 Å². The molecule has 0 N–H and O–H groups in total.